The minimum atomic E-state index is -0.517. The molecule has 1 aliphatic carbocycles. The molecule has 1 aromatic carbocycles. The first-order chi connectivity index (χ1) is 12.8. The first-order valence-electron chi connectivity index (χ1n) is 9.73. The number of hydrogen-bond donors (Lipinski definition) is 1. The molecule has 3 rings (SSSR count). The predicted octanol–water partition coefficient (Wildman–Crippen LogP) is 2.47. The molecule has 1 heterocycles. The second-order valence-electron chi connectivity index (χ2n) is 8.41. The number of hydrogen-bond acceptors (Lipinski definition) is 6. The largest absolute Gasteiger partial charge is 0.461 e. The highest BCUT2D eigenvalue weighted by molar-refractivity contribution is 5.79. The standard InChI is InChI=1S/C21H30N2O4/c1-20(2,3)27-18(24)14-22-21(23-11-7-8-12-23)13-17(21)19(25)26-15-16-9-5-4-6-10-16/h4-6,9-10,17,22H,7-8,11-15H2,1-3H3/t17-,21+/m0/s1. The van der Waals surface area contributed by atoms with Gasteiger partial charge in [0, 0.05) is 0 Å². The maximum atomic E-state index is 12.6. The Morgan fingerprint density at radius 2 is 1.85 bits per heavy atom. The van der Waals surface area contributed by atoms with Gasteiger partial charge in [0.05, 0.1) is 18.1 Å². The molecule has 2 atom stereocenters. The number of rotatable bonds is 7. The van der Waals surface area contributed by atoms with Crippen LogP contribution in [0.1, 0.15) is 45.6 Å². The van der Waals surface area contributed by atoms with Crippen LogP contribution in [0.4, 0.5) is 0 Å². The van der Waals surface area contributed by atoms with Crippen molar-refractivity contribution in [2.45, 2.75) is 57.9 Å². The second kappa shape index (κ2) is 7.98. The number of carbonyl (C=O) groups is 2. The van der Waals surface area contributed by atoms with Gasteiger partial charge in [-0.15, -0.1) is 0 Å². The van der Waals surface area contributed by atoms with Gasteiger partial charge in [-0.05, 0) is 58.7 Å². The van der Waals surface area contributed by atoms with Crippen LogP contribution < -0.4 is 5.32 Å². The third kappa shape index (κ3) is 5.08. The lowest BCUT2D eigenvalue weighted by Crippen LogP contribution is -2.51. The van der Waals surface area contributed by atoms with E-state index in [1.165, 1.54) is 0 Å². The molecule has 0 amide bonds. The molecule has 2 aliphatic rings. The van der Waals surface area contributed by atoms with Crippen LogP contribution in [0, 0.1) is 5.92 Å². The van der Waals surface area contributed by atoms with Gasteiger partial charge in [-0.25, -0.2) is 0 Å². The predicted molar refractivity (Wildman–Crippen MR) is 102 cm³/mol. The summed E-state index contributed by atoms with van der Waals surface area (Å²) in [7, 11) is 0. The molecule has 1 aliphatic heterocycles. The monoisotopic (exact) mass is 374 g/mol. The summed E-state index contributed by atoms with van der Waals surface area (Å²) in [5.41, 5.74) is -0.0156. The lowest BCUT2D eigenvalue weighted by atomic mass is 10.2. The van der Waals surface area contributed by atoms with Crippen molar-refractivity contribution in [2.24, 2.45) is 5.92 Å². The van der Waals surface area contributed by atoms with E-state index in [0.29, 0.717) is 6.42 Å². The van der Waals surface area contributed by atoms with Gasteiger partial charge in [0.25, 0.3) is 0 Å². The molecule has 0 aromatic heterocycles. The Labute approximate surface area is 161 Å². The topological polar surface area (TPSA) is 67.9 Å². The number of esters is 2. The van der Waals surface area contributed by atoms with Crippen molar-refractivity contribution in [1.29, 1.82) is 0 Å². The zero-order valence-corrected chi connectivity index (χ0v) is 16.5. The first-order valence-corrected chi connectivity index (χ1v) is 9.73. The quantitative estimate of drug-likeness (QED) is 0.740. The van der Waals surface area contributed by atoms with Crippen molar-refractivity contribution in [3.8, 4) is 0 Å². The molecular weight excluding hydrogens is 344 g/mol. The van der Waals surface area contributed by atoms with E-state index in [2.05, 4.69) is 10.2 Å². The van der Waals surface area contributed by atoms with Crippen LogP contribution >= 0.6 is 0 Å². The van der Waals surface area contributed by atoms with Gasteiger partial charge in [0.2, 0.25) is 0 Å². The fraction of sp³-hybridized carbons (Fsp3) is 0.619. The molecule has 6 nitrogen and oxygen atoms in total. The first kappa shape index (κ1) is 19.8. The molecule has 0 bridgehead atoms. The van der Waals surface area contributed by atoms with Gasteiger partial charge in [-0.1, -0.05) is 30.3 Å². The Morgan fingerprint density at radius 1 is 1.19 bits per heavy atom. The third-order valence-electron chi connectivity index (χ3n) is 5.07. The molecule has 6 heteroatoms. The molecule has 0 radical (unpaired) electrons. The van der Waals surface area contributed by atoms with Crippen LogP contribution in [-0.4, -0.2) is 47.7 Å². The molecule has 1 N–H and O–H groups in total. The Bertz CT molecular complexity index is 665. The fourth-order valence-corrected chi connectivity index (χ4v) is 3.74. The third-order valence-corrected chi connectivity index (χ3v) is 5.07. The SMILES string of the molecule is CC(C)(C)OC(=O)CN[C@@]1(N2CCCC2)C[C@H]1C(=O)OCc1ccccc1. The van der Waals surface area contributed by atoms with Gasteiger partial charge in [0.15, 0.2) is 0 Å². The zero-order valence-electron chi connectivity index (χ0n) is 16.5. The highest BCUT2D eigenvalue weighted by Crippen LogP contribution is 2.48. The summed E-state index contributed by atoms with van der Waals surface area (Å²) in [5.74, 6) is -0.756. The number of benzene rings is 1. The molecule has 0 unspecified atom stereocenters. The maximum absolute atomic E-state index is 12.6. The smallest absolute Gasteiger partial charge is 0.320 e. The molecule has 148 valence electrons. The van der Waals surface area contributed by atoms with Crippen LogP contribution in [0.3, 0.4) is 0 Å². The summed E-state index contributed by atoms with van der Waals surface area (Å²) in [6.07, 6.45) is 2.90. The lowest BCUT2D eigenvalue weighted by Gasteiger charge is -2.30. The zero-order chi connectivity index (χ0) is 19.5. The minimum Gasteiger partial charge on any atom is -0.461 e. The Morgan fingerprint density at radius 3 is 2.48 bits per heavy atom. The van der Waals surface area contributed by atoms with Crippen molar-refractivity contribution < 1.29 is 19.1 Å². The van der Waals surface area contributed by atoms with Crippen LogP contribution in [0.5, 0.6) is 0 Å². The average Bonchev–Trinajstić information content (AvgIpc) is 3.08. The fourth-order valence-electron chi connectivity index (χ4n) is 3.74. The van der Waals surface area contributed by atoms with E-state index < -0.39 is 11.3 Å². The van der Waals surface area contributed by atoms with E-state index in [-0.39, 0.29) is 31.0 Å². The van der Waals surface area contributed by atoms with E-state index in [0.717, 1.165) is 31.5 Å². The van der Waals surface area contributed by atoms with E-state index in [4.69, 9.17) is 9.47 Å². The molecule has 1 saturated heterocycles. The van der Waals surface area contributed by atoms with Crippen LogP contribution in [0.2, 0.25) is 0 Å². The number of carbonyl (C=O) groups excluding carboxylic acids is 2. The summed E-state index contributed by atoms with van der Waals surface area (Å²) in [5, 5.41) is 3.31. The summed E-state index contributed by atoms with van der Waals surface area (Å²) in [4.78, 5) is 27.0. The van der Waals surface area contributed by atoms with Crippen molar-refractivity contribution in [1.82, 2.24) is 10.2 Å². The maximum Gasteiger partial charge on any atom is 0.320 e. The Balaban J connectivity index is 1.58. The van der Waals surface area contributed by atoms with Crippen molar-refractivity contribution in [2.75, 3.05) is 19.6 Å². The molecular formula is C21H30N2O4. The minimum absolute atomic E-state index is 0.0935. The van der Waals surface area contributed by atoms with E-state index in [1.54, 1.807) is 0 Å². The lowest BCUT2D eigenvalue weighted by molar-refractivity contribution is -0.155. The van der Waals surface area contributed by atoms with Gasteiger partial charge < -0.3 is 9.47 Å². The van der Waals surface area contributed by atoms with E-state index in [9.17, 15) is 9.59 Å². The van der Waals surface area contributed by atoms with Crippen LogP contribution in [-0.2, 0) is 25.7 Å². The summed E-state index contributed by atoms with van der Waals surface area (Å²) in [6.45, 7) is 7.79. The van der Waals surface area contributed by atoms with E-state index in [1.807, 2.05) is 51.1 Å². The number of nitrogens with one attached hydrogen (secondary N) is 1. The number of nitrogens with zero attached hydrogens (tertiary/aromatic N) is 1. The van der Waals surface area contributed by atoms with Crippen molar-refractivity contribution in [3.05, 3.63) is 35.9 Å². The van der Waals surface area contributed by atoms with Gasteiger partial charge in [-0.3, -0.25) is 19.8 Å². The average molecular weight is 374 g/mol. The summed E-state index contributed by atoms with van der Waals surface area (Å²) in [6, 6.07) is 9.67. The number of ether oxygens (including phenoxy) is 2. The van der Waals surface area contributed by atoms with Crippen molar-refractivity contribution >= 4 is 11.9 Å². The summed E-state index contributed by atoms with van der Waals surface area (Å²) >= 11 is 0. The Kier molecular flexibility index (Phi) is 5.86. The van der Waals surface area contributed by atoms with Crippen LogP contribution in [0.25, 0.3) is 0 Å². The highest BCUT2D eigenvalue weighted by Gasteiger charge is 2.63. The Hall–Kier alpha value is -1.92. The van der Waals surface area contributed by atoms with Gasteiger partial charge in [-0.2, -0.15) is 0 Å². The van der Waals surface area contributed by atoms with E-state index >= 15 is 0 Å². The van der Waals surface area contributed by atoms with Gasteiger partial charge in [0.1, 0.15) is 12.2 Å². The summed E-state index contributed by atoms with van der Waals surface area (Å²) < 4.78 is 10.9. The molecule has 1 aromatic rings. The second-order valence-corrected chi connectivity index (χ2v) is 8.41. The van der Waals surface area contributed by atoms with Crippen molar-refractivity contribution in [3.63, 3.8) is 0 Å². The van der Waals surface area contributed by atoms with Crippen LogP contribution in [0.15, 0.2) is 30.3 Å². The molecule has 2 fully saturated rings. The molecule has 0 spiro atoms. The highest BCUT2D eigenvalue weighted by atomic mass is 16.6. The number of likely N-dealkylation sites (tertiary alicyclic amines) is 1. The normalized spacial score (nSPS) is 25.2. The molecule has 1 saturated carbocycles. The molecule has 27 heavy (non-hydrogen) atoms. The van der Waals surface area contributed by atoms with Gasteiger partial charge >= 0.3 is 11.9 Å².